The minimum Gasteiger partial charge on any atom is -0.481 e. The van der Waals surface area contributed by atoms with Crippen molar-refractivity contribution in [3.63, 3.8) is 0 Å². The van der Waals surface area contributed by atoms with Crippen molar-refractivity contribution in [1.29, 1.82) is 0 Å². The van der Waals surface area contributed by atoms with E-state index in [9.17, 15) is 19.5 Å². The van der Waals surface area contributed by atoms with Crippen LogP contribution in [0.3, 0.4) is 0 Å². The minimum atomic E-state index is -0.958. The number of hydrogen-bond acceptors (Lipinski definition) is 5. The van der Waals surface area contributed by atoms with Gasteiger partial charge in [-0.05, 0) is 24.5 Å². The molecule has 2 aliphatic heterocycles. The Morgan fingerprint density at radius 2 is 2.15 bits per heavy atom. The number of aliphatic carboxylic acids is 1. The van der Waals surface area contributed by atoms with Gasteiger partial charge in [-0.2, -0.15) is 0 Å². The van der Waals surface area contributed by atoms with E-state index >= 15 is 0 Å². The van der Waals surface area contributed by atoms with Crippen LogP contribution in [0.25, 0.3) is 0 Å². The van der Waals surface area contributed by atoms with Gasteiger partial charge in [0, 0.05) is 25.6 Å². The summed E-state index contributed by atoms with van der Waals surface area (Å²) in [7, 11) is 0. The average molecular weight is 364 g/mol. The highest BCUT2D eigenvalue weighted by Crippen LogP contribution is 2.42. The molecule has 2 fully saturated rings. The van der Waals surface area contributed by atoms with Gasteiger partial charge in [-0.3, -0.25) is 14.4 Å². The molecular weight excluding hydrogens is 340 g/mol. The van der Waals surface area contributed by atoms with E-state index < -0.39 is 23.3 Å². The lowest BCUT2D eigenvalue weighted by Crippen LogP contribution is -2.51. The SMILES string of the molecule is CC(C)C(NC(=O)c1ccco1)C(=O)N1C[C@H]2COCC[C@@]2(C(=O)O)C1. The molecule has 2 saturated heterocycles. The molecule has 8 heteroatoms. The number of likely N-dealkylation sites (tertiary alicyclic amines) is 1. The van der Waals surface area contributed by atoms with Crippen LogP contribution in [0, 0.1) is 17.3 Å². The van der Waals surface area contributed by atoms with Crippen LogP contribution >= 0.6 is 0 Å². The molecule has 2 amide bonds. The zero-order valence-corrected chi connectivity index (χ0v) is 14.9. The van der Waals surface area contributed by atoms with Gasteiger partial charge < -0.3 is 24.5 Å². The molecule has 0 saturated carbocycles. The highest BCUT2D eigenvalue weighted by molar-refractivity contribution is 5.95. The summed E-state index contributed by atoms with van der Waals surface area (Å²) < 4.78 is 10.5. The van der Waals surface area contributed by atoms with Crippen LogP contribution in [-0.2, 0) is 14.3 Å². The van der Waals surface area contributed by atoms with Gasteiger partial charge >= 0.3 is 5.97 Å². The maximum absolute atomic E-state index is 13.0. The fourth-order valence-electron chi connectivity index (χ4n) is 3.80. The predicted octanol–water partition coefficient (Wildman–Crippen LogP) is 0.984. The number of furan rings is 1. The van der Waals surface area contributed by atoms with E-state index in [4.69, 9.17) is 9.15 Å². The molecule has 3 heterocycles. The Bertz CT molecular complexity index is 686. The zero-order chi connectivity index (χ0) is 18.9. The molecule has 2 N–H and O–H groups in total. The molecule has 0 bridgehead atoms. The molecule has 2 aliphatic rings. The fourth-order valence-corrected chi connectivity index (χ4v) is 3.80. The van der Waals surface area contributed by atoms with E-state index in [1.54, 1.807) is 11.0 Å². The summed E-state index contributed by atoms with van der Waals surface area (Å²) in [6, 6.07) is 2.38. The van der Waals surface area contributed by atoms with Crippen LogP contribution in [-0.4, -0.2) is 60.1 Å². The Morgan fingerprint density at radius 3 is 2.73 bits per heavy atom. The summed E-state index contributed by atoms with van der Waals surface area (Å²) in [5.41, 5.74) is -0.958. The van der Waals surface area contributed by atoms with Crippen LogP contribution in [0.2, 0.25) is 0 Å². The Balaban J connectivity index is 1.75. The fraction of sp³-hybridized carbons (Fsp3) is 0.611. The highest BCUT2D eigenvalue weighted by Gasteiger charge is 2.55. The maximum atomic E-state index is 13.0. The van der Waals surface area contributed by atoms with Gasteiger partial charge in [0.2, 0.25) is 5.91 Å². The molecule has 142 valence electrons. The monoisotopic (exact) mass is 364 g/mol. The van der Waals surface area contributed by atoms with Gasteiger partial charge in [-0.25, -0.2) is 0 Å². The summed E-state index contributed by atoms with van der Waals surface area (Å²) in [5, 5.41) is 12.5. The molecule has 0 aliphatic carbocycles. The first-order valence-corrected chi connectivity index (χ1v) is 8.79. The van der Waals surface area contributed by atoms with Crippen molar-refractivity contribution in [3.05, 3.63) is 24.2 Å². The zero-order valence-electron chi connectivity index (χ0n) is 14.9. The van der Waals surface area contributed by atoms with Gasteiger partial charge in [0.15, 0.2) is 5.76 Å². The second kappa shape index (κ2) is 7.11. The number of nitrogens with zero attached hydrogens (tertiary/aromatic N) is 1. The first-order chi connectivity index (χ1) is 12.3. The van der Waals surface area contributed by atoms with Crippen LogP contribution in [0.1, 0.15) is 30.8 Å². The van der Waals surface area contributed by atoms with Gasteiger partial charge in [-0.15, -0.1) is 0 Å². The summed E-state index contributed by atoms with van der Waals surface area (Å²) in [5.74, 6) is -1.87. The van der Waals surface area contributed by atoms with E-state index in [0.29, 0.717) is 26.2 Å². The maximum Gasteiger partial charge on any atom is 0.311 e. The molecule has 0 aromatic carbocycles. The summed E-state index contributed by atoms with van der Waals surface area (Å²) in [6.45, 7) is 4.86. The Morgan fingerprint density at radius 1 is 1.38 bits per heavy atom. The van der Waals surface area contributed by atoms with E-state index in [-0.39, 0.29) is 30.0 Å². The summed E-state index contributed by atoms with van der Waals surface area (Å²) in [6.07, 6.45) is 1.78. The number of carboxylic acid groups (broad SMARTS) is 1. The Labute approximate surface area is 151 Å². The summed E-state index contributed by atoms with van der Waals surface area (Å²) >= 11 is 0. The molecule has 1 aromatic heterocycles. The van der Waals surface area contributed by atoms with Crippen molar-refractivity contribution in [2.45, 2.75) is 26.3 Å². The number of hydrogen-bond donors (Lipinski definition) is 2. The lowest BCUT2D eigenvalue weighted by atomic mass is 9.74. The van der Waals surface area contributed by atoms with E-state index in [1.165, 1.54) is 12.3 Å². The van der Waals surface area contributed by atoms with Crippen LogP contribution < -0.4 is 5.32 Å². The number of fused-ring (bicyclic) bond motifs is 1. The second-order valence-corrected chi connectivity index (χ2v) is 7.37. The highest BCUT2D eigenvalue weighted by atomic mass is 16.5. The second-order valence-electron chi connectivity index (χ2n) is 7.37. The van der Waals surface area contributed by atoms with Crippen molar-refractivity contribution in [2.24, 2.45) is 17.3 Å². The molecule has 3 rings (SSSR count). The lowest BCUT2D eigenvalue weighted by Gasteiger charge is -2.34. The number of nitrogens with one attached hydrogen (secondary N) is 1. The predicted molar refractivity (Wildman–Crippen MR) is 90.4 cm³/mol. The van der Waals surface area contributed by atoms with Gasteiger partial charge in [-0.1, -0.05) is 13.8 Å². The molecule has 1 unspecified atom stereocenters. The molecular formula is C18H24N2O6. The molecule has 0 spiro atoms. The first kappa shape index (κ1) is 18.4. The smallest absolute Gasteiger partial charge is 0.311 e. The van der Waals surface area contributed by atoms with Crippen molar-refractivity contribution in [2.75, 3.05) is 26.3 Å². The first-order valence-electron chi connectivity index (χ1n) is 8.79. The molecule has 0 radical (unpaired) electrons. The third-order valence-electron chi connectivity index (χ3n) is 5.41. The van der Waals surface area contributed by atoms with Crippen molar-refractivity contribution >= 4 is 17.8 Å². The van der Waals surface area contributed by atoms with Gasteiger partial charge in [0.1, 0.15) is 6.04 Å². The van der Waals surface area contributed by atoms with Crippen molar-refractivity contribution in [1.82, 2.24) is 10.2 Å². The van der Waals surface area contributed by atoms with Crippen LogP contribution in [0.5, 0.6) is 0 Å². The minimum absolute atomic E-state index is 0.133. The number of ether oxygens (including phenoxy) is 1. The van der Waals surface area contributed by atoms with Crippen molar-refractivity contribution in [3.8, 4) is 0 Å². The van der Waals surface area contributed by atoms with E-state index in [1.807, 2.05) is 13.8 Å². The molecule has 3 atom stereocenters. The third-order valence-corrected chi connectivity index (χ3v) is 5.41. The van der Waals surface area contributed by atoms with Gasteiger partial charge in [0.25, 0.3) is 5.91 Å². The molecule has 8 nitrogen and oxygen atoms in total. The molecule has 1 aromatic rings. The number of carbonyl (C=O) groups excluding carboxylic acids is 2. The normalized spacial score (nSPS) is 26.4. The van der Waals surface area contributed by atoms with Gasteiger partial charge in [0.05, 0.1) is 18.3 Å². The quantitative estimate of drug-likeness (QED) is 0.806. The number of carboxylic acids is 1. The number of rotatable bonds is 5. The van der Waals surface area contributed by atoms with Crippen LogP contribution in [0.4, 0.5) is 0 Å². The average Bonchev–Trinajstić information content (AvgIpc) is 3.26. The van der Waals surface area contributed by atoms with Crippen LogP contribution in [0.15, 0.2) is 22.8 Å². The number of carbonyl (C=O) groups is 3. The summed E-state index contributed by atoms with van der Waals surface area (Å²) in [4.78, 5) is 38.8. The largest absolute Gasteiger partial charge is 0.481 e. The van der Waals surface area contributed by atoms with E-state index in [0.717, 1.165) is 0 Å². The lowest BCUT2D eigenvalue weighted by molar-refractivity contribution is -0.157. The topological polar surface area (TPSA) is 109 Å². The standard InChI is InChI=1S/C18H24N2O6/c1-11(2)14(19-15(21)13-4-3-6-26-13)16(22)20-8-12-9-25-7-5-18(12,10-20)17(23)24/h3-4,6,11-12,14H,5,7-10H2,1-2H3,(H,19,21)(H,23,24)/t12-,14?,18+/m0/s1. The number of amides is 2. The molecule has 26 heavy (non-hydrogen) atoms. The Kier molecular flexibility index (Phi) is 5.04. The Hall–Kier alpha value is -2.35. The third kappa shape index (κ3) is 3.21. The van der Waals surface area contributed by atoms with E-state index in [2.05, 4.69) is 5.32 Å². The van der Waals surface area contributed by atoms with Crippen molar-refractivity contribution < 1.29 is 28.6 Å².